The lowest BCUT2D eigenvalue weighted by Gasteiger charge is -2.26. The molecule has 3 aromatic heterocycles. The molecule has 0 radical (unpaired) electrons. The first-order chi connectivity index (χ1) is 14.5. The zero-order chi connectivity index (χ0) is 21.1. The van der Waals surface area contributed by atoms with Crippen LogP contribution in [0.4, 0.5) is 23.3 Å². The zero-order valence-electron chi connectivity index (χ0n) is 16.6. The van der Waals surface area contributed by atoms with Gasteiger partial charge in [-0.1, -0.05) is 0 Å². The number of aromatic nitrogens is 5. The third kappa shape index (κ3) is 4.40. The Morgan fingerprint density at radius 2 is 2.13 bits per heavy atom. The summed E-state index contributed by atoms with van der Waals surface area (Å²) in [6.45, 7) is 0. The van der Waals surface area contributed by atoms with Gasteiger partial charge in [-0.05, 0) is 31.7 Å². The molecule has 30 heavy (non-hydrogen) atoms. The molecule has 0 atom stereocenters. The molecule has 1 aliphatic rings. The van der Waals surface area contributed by atoms with Crippen molar-refractivity contribution in [2.45, 2.75) is 44.2 Å². The second-order valence-electron chi connectivity index (χ2n) is 7.26. The van der Waals surface area contributed by atoms with Crippen molar-refractivity contribution in [3.63, 3.8) is 0 Å². The van der Waals surface area contributed by atoms with Crippen LogP contribution >= 0.6 is 0 Å². The highest BCUT2D eigenvalue weighted by molar-refractivity contribution is 5.74. The van der Waals surface area contributed by atoms with Crippen molar-refractivity contribution in [3.05, 3.63) is 30.2 Å². The van der Waals surface area contributed by atoms with Crippen LogP contribution in [-0.2, 0) is 16.0 Å². The molecule has 4 rings (SSSR count). The van der Waals surface area contributed by atoms with Gasteiger partial charge in [0, 0.05) is 18.3 Å². The molecule has 1 aliphatic carbocycles. The minimum atomic E-state index is -0.406. The monoisotopic (exact) mass is 412 g/mol. The van der Waals surface area contributed by atoms with Gasteiger partial charge in [-0.15, -0.1) is 5.10 Å². The molecule has 0 aromatic carbocycles. The standard InChI is InChI=1S/C19H24N8O3/c1-30-17(29)9-15-14(20)8-12(10-22-15)23-18-25-16-6-7-21-19(27(16)26-18)24-11-2-4-13(28)5-3-11/h6-8,10-11,13,28H,2-5,9,20H2,1H3,(H,21,24)(H,23,26). The Hall–Kier alpha value is -3.47. The predicted molar refractivity (Wildman–Crippen MR) is 110 cm³/mol. The summed E-state index contributed by atoms with van der Waals surface area (Å²) in [4.78, 5) is 24.5. The van der Waals surface area contributed by atoms with Crippen molar-refractivity contribution in [1.82, 2.24) is 24.6 Å². The number of esters is 1. The van der Waals surface area contributed by atoms with E-state index in [1.54, 1.807) is 29.0 Å². The smallest absolute Gasteiger partial charge is 0.311 e. The van der Waals surface area contributed by atoms with Gasteiger partial charge in [0.25, 0.3) is 0 Å². The molecule has 0 unspecified atom stereocenters. The van der Waals surface area contributed by atoms with E-state index < -0.39 is 5.97 Å². The quantitative estimate of drug-likeness (QED) is 0.435. The number of rotatable bonds is 6. The number of hydrogen-bond donors (Lipinski definition) is 4. The van der Waals surface area contributed by atoms with E-state index in [2.05, 4.69) is 35.4 Å². The third-order valence-corrected chi connectivity index (χ3v) is 5.08. The highest BCUT2D eigenvalue weighted by atomic mass is 16.5. The topological polar surface area (TPSA) is 153 Å². The van der Waals surface area contributed by atoms with Crippen LogP contribution in [0.15, 0.2) is 24.5 Å². The van der Waals surface area contributed by atoms with Gasteiger partial charge >= 0.3 is 5.97 Å². The molecule has 0 aliphatic heterocycles. The summed E-state index contributed by atoms with van der Waals surface area (Å²) in [7, 11) is 1.32. The number of aliphatic hydroxyl groups excluding tert-OH is 1. The summed E-state index contributed by atoms with van der Waals surface area (Å²) in [6.07, 6.45) is 6.34. The van der Waals surface area contributed by atoms with Crippen molar-refractivity contribution in [2.75, 3.05) is 23.5 Å². The van der Waals surface area contributed by atoms with Gasteiger partial charge in [0.1, 0.15) is 0 Å². The number of nitrogens with one attached hydrogen (secondary N) is 2. The molecule has 5 N–H and O–H groups in total. The fourth-order valence-corrected chi connectivity index (χ4v) is 3.44. The Kier molecular flexibility index (Phi) is 5.61. The van der Waals surface area contributed by atoms with Crippen LogP contribution < -0.4 is 16.4 Å². The summed E-state index contributed by atoms with van der Waals surface area (Å²) in [5.41, 5.74) is 8.05. The van der Waals surface area contributed by atoms with Gasteiger partial charge in [0.05, 0.1) is 42.9 Å². The number of nitrogen functional groups attached to an aromatic ring is 1. The van der Waals surface area contributed by atoms with Crippen molar-refractivity contribution < 1.29 is 14.6 Å². The minimum Gasteiger partial charge on any atom is -0.469 e. The van der Waals surface area contributed by atoms with Crippen LogP contribution in [-0.4, -0.2) is 54.9 Å². The Morgan fingerprint density at radius 1 is 1.33 bits per heavy atom. The van der Waals surface area contributed by atoms with Crippen molar-refractivity contribution >= 4 is 34.9 Å². The molecule has 0 saturated heterocycles. The number of anilines is 4. The normalized spacial score (nSPS) is 18.9. The van der Waals surface area contributed by atoms with E-state index in [0.717, 1.165) is 25.7 Å². The van der Waals surface area contributed by atoms with Crippen LogP contribution in [0.2, 0.25) is 0 Å². The van der Waals surface area contributed by atoms with Crippen LogP contribution in [0.1, 0.15) is 31.4 Å². The molecule has 1 fully saturated rings. The van der Waals surface area contributed by atoms with Crippen LogP contribution in [0.5, 0.6) is 0 Å². The summed E-state index contributed by atoms with van der Waals surface area (Å²) < 4.78 is 6.28. The van der Waals surface area contributed by atoms with E-state index in [0.29, 0.717) is 34.6 Å². The maximum atomic E-state index is 11.4. The van der Waals surface area contributed by atoms with E-state index in [1.165, 1.54) is 7.11 Å². The molecule has 0 bridgehead atoms. The number of nitrogens with two attached hydrogens (primary N) is 1. The zero-order valence-corrected chi connectivity index (χ0v) is 16.6. The summed E-state index contributed by atoms with van der Waals surface area (Å²) in [5, 5.41) is 20.6. The maximum Gasteiger partial charge on any atom is 0.311 e. The van der Waals surface area contributed by atoms with Crippen LogP contribution in [0, 0.1) is 0 Å². The Bertz CT molecular complexity index is 1050. The molecule has 3 heterocycles. The first-order valence-corrected chi connectivity index (χ1v) is 9.76. The molecule has 3 aromatic rings. The predicted octanol–water partition coefficient (Wildman–Crippen LogP) is 1.28. The number of carbonyl (C=O) groups excluding carboxylic acids is 1. The average Bonchev–Trinajstić information content (AvgIpc) is 3.15. The second kappa shape index (κ2) is 8.49. The number of nitrogens with zero attached hydrogens (tertiary/aromatic N) is 5. The van der Waals surface area contributed by atoms with Crippen molar-refractivity contribution in [1.29, 1.82) is 0 Å². The number of hydrogen-bond acceptors (Lipinski definition) is 10. The van der Waals surface area contributed by atoms with Gasteiger partial charge in [-0.2, -0.15) is 9.50 Å². The molecule has 1 saturated carbocycles. The number of pyridine rings is 1. The fraction of sp³-hybridized carbons (Fsp3) is 0.421. The van der Waals surface area contributed by atoms with E-state index in [9.17, 15) is 9.90 Å². The summed E-state index contributed by atoms with van der Waals surface area (Å²) in [5.74, 6) is 0.560. The molecule has 11 heteroatoms. The SMILES string of the molecule is COC(=O)Cc1ncc(Nc2nc3ccnc(NC4CCC(O)CC4)n3n2)cc1N. The highest BCUT2D eigenvalue weighted by Gasteiger charge is 2.21. The summed E-state index contributed by atoms with van der Waals surface area (Å²) >= 11 is 0. The number of aliphatic hydroxyl groups is 1. The van der Waals surface area contributed by atoms with Crippen molar-refractivity contribution in [3.8, 4) is 0 Å². The van der Waals surface area contributed by atoms with Gasteiger partial charge in [0.2, 0.25) is 11.9 Å². The lowest BCUT2D eigenvalue weighted by atomic mass is 9.93. The second-order valence-corrected chi connectivity index (χ2v) is 7.26. The first kappa shape index (κ1) is 19.8. The molecular weight excluding hydrogens is 388 g/mol. The Labute approximate surface area is 172 Å². The minimum absolute atomic E-state index is 0.00806. The van der Waals surface area contributed by atoms with Crippen LogP contribution in [0.3, 0.4) is 0 Å². The number of carbonyl (C=O) groups is 1. The van der Waals surface area contributed by atoms with Gasteiger partial charge in [0.15, 0.2) is 5.65 Å². The van der Waals surface area contributed by atoms with E-state index in [-0.39, 0.29) is 18.6 Å². The number of ether oxygens (including phenoxy) is 1. The molecule has 11 nitrogen and oxygen atoms in total. The largest absolute Gasteiger partial charge is 0.469 e. The van der Waals surface area contributed by atoms with Crippen LogP contribution in [0.25, 0.3) is 5.65 Å². The Balaban J connectivity index is 1.50. The molecule has 0 amide bonds. The Morgan fingerprint density at radius 3 is 2.87 bits per heavy atom. The maximum absolute atomic E-state index is 11.4. The molecular formula is C19H24N8O3. The molecule has 158 valence electrons. The van der Waals surface area contributed by atoms with E-state index in [1.807, 2.05) is 0 Å². The van der Waals surface area contributed by atoms with Crippen molar-refractivity contribution in [2.24, 2.45) is 0 Å². The van der Waals surface area contributed by atoms with Gasteiger partial charge in [-0.3, -0.25) is 9.78 Å². The van der Waals surface area contributed by atoms with E-state index >= 15 is 0 Å². The number of fused-ring (bicyclic) bond motifs is 1. The lowest BCUT2D eigenvalue weighted by Crippen LogP contribution is -2.29. The van der Waals surface area contributed by atoms with Gasteiger partial charge < -0.3 is 26.2 Å². The van der Waals surface area contributed by atoms with E-state index in [4.69, 9.17) is 5.73 Å². The lowest BCUT2D eigenvalue weighted by molar-refractivity contribution is -0.139. The molecule has 0 spiro atoms. The fourth-order valence-electron chi connectivity index (χ4n) is 3.44. The average molecular weight is 412 g/mol. The summed E-state index contributed by atoms with van der Waals surface area (Å²) in [6, 6.07) is 3.67. The number of methoxy groups -OCH3 is 1. The first-order valence-electron chi connectivity index (χ1n) is 9.76. The third-order valence-electron chi connectivity index (χ3n) is 5.08. The van der Waals surface area contributed by atoms with Gasteiger partial charge in [-0.25, -0.2) is 4.98 Å². The highest BCUT2D eigenvalue weighted by Crippen LogP contribution is 2.23.